The summed E-state index contributed by atoms with van der Waals surface area (Å²) in [6.07, 6.45) is 6.14. The first-order chi connectivity index (χ1) is 11.4. The zero-order chi connectivity index (χ0) is 17.3. The Bertz CT molecular complexity index is 534. The molecule has 25 heavy (non-hydrogen) atoms. The number of amides is 4. The average Bonchev–Trinajstić information content (AvgIpc) is 2.80. The van der Waals surface area contributed by atoms with Crippen LogP contribution in [0.4, 0.5) is 4.79 Å². The van der Waals surface area contributed by atoms with E-state index in [1.54, 1.807) is 4.90 Å². The van der Waals surface area contributed by atoms with Gasteiger partial charge in [0.25, 0.3) is 5.91 Å². The van der Waals surface area contributed by atoms with E-state index in [1.807, 2.05) is 0 Å². The molecule has 4 amide bonds. The molecular formula is C17H29ClN4O3. The van der Waals surface area contributed by atoms with E-state index in [0.29, 0.717) is 31.8 Å². The van der Waals surface area contributed by atoms with Crippen LogP contribution in [-0.2, 0) is 9.59 Å². The van der Waals surface area contributed by atoms with Gasteiger partial charge in [0, 0.05) is 19.1 Å². The lowest BCUT2D eigenvalue weighted by molar-refractivity contribution is -0.140. The number of nitrogens with one attached hydrogen (secondary N) is 1. The number of carbonyl (C=O) groups excluding carboxylic acids is 3. The maximum absolute atomic E-state index is 12.8. The zero-order valence-corrected chi connectivity index (χ0v) is 15.6. The Balaban J connectivity index is 0.00000225. The number of carbonyl (C=O) groups is 3. The highest BCUT2D eigenvalue weighted by molar-refractivity contribution is 6.09. The normalized spacial score (nSPS) is 32.6. The number of hydrogen-bond acceptors (Lipinski definition) is 4. The third kappa shape index (κ3) is 3.92. The van der Waals surface area contributed by atoms with Crippen molar-refractivity contribution < 1.29 is 14.4 Å². The van der Waals surface area contributed by atoms with E-state index in [4.69, 9.17) is 5.73 Å². The SMILES string of the molecule is CCC1CCC2(CC1)NC(=O)N(CC(=O)N1CCCC(N)C1)C2=O.Cl. The second kappa shape index (κ2) is 7.91. The molecule has 1 spiro atoms. The van der Waals surface area contributed by atoms with Crippen LogP contribution in [0.1, 0.15) is 51.9 Å². The minimum atomic E-state index is -0.776. The van der Waals surface area contributed by atoms with Crippen molar-refractivity contribution in [3.63, 3.8) is 0 Å². The van der Waals surface area contributed by atoms with Crippen LogP contribution in [0.3, 0.4) is 0 Å². The number of hydrogen-bond donors (Lipinski definition) is 2. The summed E-state index contributed by atoms with van der Waals surface area (Å²) in [5, 5.41) is 2.87. The monoisotopic (exact) mass is 372 g/mol. The van der Waals surface area contributed by atoms with E-state index in [-0.39, 0.29) is 36.8 Å². The summed E-state index contributed by atoms with van der Waals surface area (Å²) in [5.41, 5.74) is 5.13. The van der Waals surface area contributed by atoms with Gasteiger partial charge < -0.3 is 16.0 Å². The Morgan fingerprint density at radius 1 is 1.28 bits per heavy atom. The summed E-state index contributed by atoms with van der Waals surface area (Å²) in [4.78, 5) is 40.3. The van der Waals surface area contributed by atoms with Gasteiger partial charge in [-0.3, -0.25) is 14.5 Å². The second-order valence-corrected chi connectivity index (χ2v) is 7.50. The van der Waals surface area contributed by atoms with Crippen molar-refractivity contribution >= 4 is 30.3 Å². The lowest BCUT2D eigenvalue weighted by atomic mass is 9.75. The van der Waals surface area contributed by atoms with Gasteiger partial charge in [0.2, 0.25) is 5.91 Å². The Kier molecular flexibility index (Phi) is 6.32. The van der Waals surface area contributed by atoms with E-state index in [9.17, 15) is 14.4 Å². The number of halogens is 1. The first kappa shape index (κ1) is 20.0. The highest BCUT2D eigenvalue weighted by Crippen LogP contribution is 2.37. The second-order valence-electron chi connectivity index (χ2n) is 7.50. The molecule has 1 atom stereocenters. The van der Waals surface area contributed by atoms with Gasteiger partial charge in [-0.15, -0.1) is 12.4 Å². The number of likely N-dealkylation sites (tertiary alicyclic amines) is 1. The minimum absolute atomic E-state index is 0. The maximum Gasteiger partial charge on any atom is 0.325 e. The van der Waals surface area contributed by atoms with Crippen LogP contribution in [0.2, 0.25) is 0 Å². The number of imide groups is 1. The van der Waals surface area contributed by atoms with Gasteiger partial charge >= 0.3 is 6.03 Å². The third-order valence-corrected chi connectivity index (χ3v) is 5.89. The molecule has 1 saturated carbocycles. The highest BCUT2D eigenvalue weighted by Gasteiger charge is 2.52. The largest absolute Gasteiger partial charge is 0.340 e. The molecule has 3 aliphatic rings. The van der Waals surface area contributed by atoms with Crippen molar-refractivity contribution in [3.8, 4) is 0 Å². The molecule has 3 N–H and O–H groups in total. The van der Waals surface area contributed by atoms with Gasteiger partial charge in [0.15, 0.2) is 0 Å². The topological polar surface area (TPSA) is 95.7 Å². The van der Waals surface area contributed by atoms with E-state index in [1.165, 1.54) is 0 Å². The van der Waals surface area contributed by atoms with E-state index in [0.717, 1.165) is 37.0 Å². The lowest BCUT2D eigenvalue weighted by Crippen LogP contribution is -2.51. The first-order valence-electron chi connectivity index (χ1n) is 9.12. The summed E-state index contributed by atoms with van der Waals surface area (Å²) >= 11 is 0. The van der Waals surface area contributed by atoms with Gasteiger partial charge in [-0.05, 0) is 44.4 Å². The molecule has 0 aromatic carbocycles. The van der Waals surface area contributed by atoms with Gasteiger partial charge in [-0.25, -0.2) is 4.79 Å². The lowest BCUT2D eigenvalue weighted by Gasteiger charge is -2.35. The molecule has 0 aromatic heterocycles. The van der Waals surface area contributed by atoms with Crippen molar-refractivity contribution in [2.45, 2.75) is 63.5 Å². The Labute approximate surface area is 155 Å². The fourth-order valence-electron chi connectivity index (χ4n) is 4.21. The fourth-order valence-corrected chi connectivity index (χ4v) is 4.21. The molecule has 2 saturated heterocycles. The smallest absolute Gasteiger partial charge is 0.325 e. The molecular weight excluding hydrogens is 344 g/mol. The number of urea groups is 1. The average molecular weight is 373 g/mol. The van der Waals surface area contributed by atoms with Crippen molar-refractivity contribution in [1.29, 1.82) is 0 Å². The van der Waals surface area contributed by atoms with Crippen molar-refractivity contribution in [2.24, 2.45) is 11.7 Å². The van der Waals surface area contributed by atoms with Crippen LogP contribution in [0, 0.1) is 5.92 Å². The van der Waals surface area contributed by atoms with E-state index < -0.39 is 11.6 Å². The molecule has 8 heteroatoms. The molecule has 0 aromatic rings. The van der Waals surface area contributed by atoms with Crippen molar-refractivity contribution in [1.82, 2.24) is 15.1 Å². The van der Waals surface area contributed by atoms with Gasteiger partial charge in [0.05, 0.1) is 0 Å². The predicted octanol–water partition coefficient (Wildman–Crippen LogP) is 1.25. The quantitative estimate of drug-likeness (QED) is 0.729. The predicted molar refractivity (Wildman–Crippen MR) is 96.3 cm³/mol. The summed E-state index contributed by atoms with van der Waals surface area (Å²) < 4.78 is 0. The number of rotatable bonds is 3. The van der Waals surface area contributed by atoms with E-state index in [2.05, 4.69) is 12.2 Å². The molecule has 142 valence electrons. The Hall–Kier alpha value is -1.34. The molecule has 1 unspecified atom stereocenters. The number of nitrogens with two attached hydrogens (primary N) is 1. The first-order valence-corrected chi connectivity index (χ1v) is 9.12. The Morgan fingerprint density at radius 2 is 1.96 bits per heavy atom. The fraction of sp³-hybridized carbons (Fsp3) is 0.824. The highest BCUT2D eigenvalue weighted by atomic mass is 35.5. The van der Waals surface area contributed by atoms with Crippen molar-refractivity contribution in [3.05, 3.63) is 0 Å². The Morgan fingerprint density at radius 3 is 2.56 bits per heavy atom. The summed E-state index contributed by atoms with van der Waals surface area (Å²) in [6.45, 7) is 3.15. The van der Waals surface area contributed by atoms with Crippen LogP contribution in [0.15, 0.2) is 0 Å². The molecule has 2 aliphatic heterocycles. The van der Waals surface area contributed by atoms with Crippen LogP contribution in [0.25, 0.3) is 0 Å². The number of piperidine rings is 1. The summed E-state index contributed by atoms with van der Waals surface area (Å²) in [6, 6.07) is -0.439. The van der Waals surface area contributed by atoms with Gasteiger partial charge in [-0.1, -0.05) is 13.3 Å². The number of nitrogens with zero attached hydrogens (tertiary/aromatic N) is 2. The van der Waals surface area contributed by atoms with Crippen LogP contribution >= 0.6 is 12.4 Å². The third-order valence-electron chi connectivity index (χ3n) is 5.89. The minimum Gasteiger partial charge on any atom is -0.340 e. The summed E-state index contributed by atoms with van der Waals surface area (Å²) in [7, 11) is 0. The van der Waals surface area contributed by atoms with Crippen LogP contribution in [0.5, 0.6) is 0 Å². The zero-order valence-electron chi connectivity index (χ0n) is 14.8. The molecule has 2 heterocycles. The van der Waals surface area contributed by atoms with E-state index >= 15 is 0 Å². The molecule has 0 radical (unpaired) electrons. The molecule has 0 bridgehead atoms. The van der Waals surface area contributed by atoms with Crippen molar-refractivity contribution in [2.75, 3.05) is 19.6 Å². The van der Waals surface area contributed by atoms with Crippen LogP contribution < -0.4 is 11.1 Å². The standard InChI is InChI=1S/C17H28N4O3.ClH/c1-2-12-5-7-17(8-6-12)15(23)21(16(24)19-17)11-14(22)20-9-3-4-13(18)10-20;/h12-13H,2-11,18H2,1H3,(H,19,24);1H. The molecule has 3 fully saturated rings. The maximum atomic E-state index is 12.8. The molecule has 3 rings (SSSR count). The molecule has 7 nitrogen and oxygen atoms in total. The molecule has 1 aliphatic carbocycles. The van der Waals surface area contributed by atoms with Gasteiger partial charge in [-0.2, -0.15) is 0 Å². The summed E-state index contributed by atoms with van der Waals surface area (Å²) in [5.74, 6) is 0.218. The van der Waals surface area contributed by atoms with Gasteiger partial charge in [0.1, 0.15) is 12.1 Å². The van der Waals surface area contributed by atoms with Crippen LogP contribution in [-0.4, -0.2) is 58.9 Å².